The van der Waals surface area contributed by atoms with Gasteiger partial charge in [0, 0.05) is 26.2 Å². The number of likely N-dealkylation sites (tertiary alicyclic amines) is 2. The lowest BCUT2D eigenvalue weighted by atomic mass is 9.96. The smallest absolute Gasteiger partial charge is 0.239 e. The predicted octanol–water partition coefficient (Wildman–Crippen LogP) is 1.02. The third-order valence-corrected chi connectivity index (χ3v) is 4.71. The maximum Gasteiger partial charge on any atom is 0.239 e. The first-order chi connectivity index (χ1) is 10.7. The summed E-state index contributed by atoms with van der Waals surface area (Å²) >= 11 is 0. The molecule has 2 unspecified atom stereocenters. The Kier molecular flexibility index (Phi) is 11.6. The number of nitrogens with one attached hydrogen (secondary N) is 1. The summed E-state index contributed by atoms with van der Waals surface area (Å²) in [7, 11) is 0. The van der Waals surface area contributed by atoms with Crippen molar-refractivity contribution in [3.63, 3.8) is 0 Å². The van der Waals surface area contributed by atoms with Crippen molar-refractivity contribution in [2.24, 2.45) is 11.7 Å². The van der Waals surface area contributed by atoms with E-state index in [1.54, 1.807) is 0 Å². The van der Waals surface area contributed by atoms with E-state index in [0.29, 0.717) is 19.6 Å². The van der Waals surface area contributed by atoms with E-state index in [9.17, 15) is 9.59 Å². The molecule has 0 spiro atoms. The SMILES string of the molecule is CCCN1CCCC1C(=O)N1CCCC(C(=O)NCCN)C1.Cl.Cl. The van der Waals surface area contributed by atoms with Gasteiger partial charge in [-0.2, -0.15) is 0 Å². The summed E-state index contributed by atoms with van der Waals surface area (Å²) in [6, 6.07) is 0.0332. The van der Waals surface area contributed by atoms with Crippen molar-refractivity contribution in [3.05, 3.63) is 0 Å². The lowest BCUT2D eigenvalue weighted by Gasteiger charge is -2.35. The van der Waals surface area contributed by atoms with E-state index < -0.39 is 0 Å². The molecule has 0 aromatic rings. The number of hydrogen-bond acceptors (Lipinski definition) is 4. The molecule has 2 amide bonds. The topological polar surface area (TPSA) is 78.7 Å². The molecule has 0 bridgehead atoms. The zero-order chi connectivity index (χ0) is 15.9. The van der Waals surface area contributed by atoms with Gasteiger partial charge >= 0.3 is 0 Å². The minimum Gasteiger partial charge on any atom is -0.355 e. The molecule has 0 aromatic heterocycles. The monoisotopic (exact) mass is 382 g/mol. The van der Waals surface area contributed by atoms with Crippen LogP contribution in [0.1, 0.15) is 39.0 Å². The summed E-state index contributed by atoms with van der Waals surface area (Å²) in [6.07, 6.45) is 4.91. The summed E-state index contributed by atoms with van der Waals surface area (Å²) in [5.41, 5.74) is 5.42. The van der Waals surface area contributed by atoms with Gasteiger partial charge < -0.3 is 16.0 Å². The first-order valence-corrected chi connectivity index (χ1v) is 8.68. The van der Waals surface area contributed by atoms with E-state index in [0.717, 1.165) is 51.7 Å². The van der Waals surface area contributed by atoms with E-state index >= 15 is 0 Å². The van der Waals surface area contributed by atoms with Gasteiger partial charge in [-0.1, -0.05) is 6.92 Å². The van der Waals surface area contributed by atoms with Gasteiger partial charge in [-0.3, -0.25) is 14.5 Å². The van der Waals surface area contributed by atoms with Crippen LogP contribution in [0.5, 0.6) is 0 Å². The molecule has 2 saturated heterocycles. The summed E-state index contributed by atoms with van der Waals surface area (Å²) in [5.74, 6) is 0.187. The normalized spacial score (nSPS) is 24.0. The van der Waals surface area contributed by atoms with Crippen molar-refractivity contribution in [2.45, 2.75) is 45.1 Å². The number of hydrogen-bond donors (Lipinski definition) is 2. The third-order valence-electron chi connectivity index (χ3n) is 4.71. The molecule has 2 atom stereocenters. The van der Waals surface area contributed by atoms with Gasteiger partial charge in [0.05, 0.1) is 12.0 Å². The Morgan fingerprint density at radius 3 is 2.54 bits per heavy atom. The van der Waals surface area contributed by atoms with E-state index in [-0.39, 0.29) is 48.6 Å². The Bertz CT molecular complexity index is 398. The van der Waals surface area contributed by atoms with E-state index in [1.807, 2.05) is 4.90 Å². The Hall–Kier alpha value is -0.560. The molecule has 2 aliphatic heterocycles. The molecule has 0 saturated carbocycles. The summed E-state index contributed by atoms with van der Waals surface area (Å²) in [6.45, 7) is 6.48. The largest absolute Gasteiger partial charge is 0.355 e. The van der Waals surface area contributed by atoms with Crippen LogP contribution in [0.15, 0.2) is 0 Å². The maximum atomic E-state index is 12.8. The predicted molar refractivity (Wildman–Crippen MR) is 101 cm³/mol. The molecule has 2 fully saturated rings. The number of halogens is 2. The average Bonchev–Trinajstić information content (AvgIpc) is 3.00. The van der Waals surface area contributed by atoms with Crippen LogP contribution in [0.2, 0.25) is 0 Å². The van der Waals surface area contributed by atoms with Crippen LogP contribution in [0.3, 0.4) is 0 Å². The van der Waals surface area contributed by atoms with E-state index in [1.165, 1.54) is 0 Å². The van der Waals surface area contributed by atoms with Gasteiger partial charge in [0.1, 0.15) is 0 Å². The van der Waals surface area contributed by atoms with Crippen molar-refractivity contribution in [3.8, 4) is 0 Å². The van der Waals surface area contributed by atoms with Crippen LogP contribution in [-0.2, 0) is 9.59 Å². The second-order valence-corrected chi connectivity index (χ2v) is 6.40. The number of carbonyl (C=O) groups excluding carboxylic acids is 2. The van der Waals surface area contributed by atoms with E-state index in [2.05, 4.69) is 17.1 Å². The molecular weight excluding hydrogens is 351 g/mol. The van der Waals surface area contributed by atoms with Crippen LogP contribution in [0.4, 0.5) is 0 Å². The molecule has 8 heteroatoms. The fraction of sp³-hybridized carbons (Fsp3) is 0.875. The minimum atomic E-state index is -0.0784. The first-order valence-electron chi connectivity index (χ1n) is 8.68. The molecule has 0 aliphatic carbocycles. The summed E-state index contributed by atoms with van der Waals surface area (Å²) in [4.78, 5) is 29.1. The van der Waals surface area contributed by atoms with Gasteiger partial charge in [0.25, 0.3) is 0 Å². The van der Waals surface area contributed by atoms with Crippen LogP contribution in [-0.4, -0.2) is 66.9 Å². The number of rotatable bonds is 6. The average molecular weight is 383 g/mol. The lowest BCUT2D eigenvalue weighted by molar-refractivity contribution is -0.139. The quantitative estimate of drug-likeness (QED) is 0.718. The van der Waals surface area contributed by atoms with Gasteiger partial charge in [0.15, 0.2) is 0 Å². The zero-order valence-electron chi connectivity index (χ0n) is 14.5. The van der Waals surface area contributed by atoms with E-state index in [4.69, 9.17) is 5.73 Å². The minimum absolute atomic E-state index is 0. The highest BCUT2D eigenvalue weighted by molar-refractivity contribution is 5.86. The molecule has 142 valence electrons. The third kappa shape index (κ3) is 6.06. The molecule has 2 heterocycles. The van der Waals surface area contributed by atoms with Crippen molar-refractivity contribution in [1.29, 1.82) is 0 Å². The van der Waals surface area contributed by atoms with Gasteiger partial charge in [-0.25, -0.2) is 0 Å². The molecule has 6 nitrogen and oxygen atoms in total. The van der Waals surface area contributed by atoms with Crippen molar-refractivity contribution in [1.82, 2.24) is 15.1 Å². The summed E-state index contributed by atoms with van der Waals surface area (Å²) < 4.78 is 0. The Morgan fingerprint density at radius 1 is 1.17 bits per heavy atom. The lowest BCUT2D eigenvalue weighted by Crippen LogP contribution is -2.51. The van der Waals surface area contributed by atoms with Gasteiger partial charge in [0.2, 0.25) is 11.8 Å². The Balaban J connectivity index is 0.00000264. The molecule has 24 heavy (non-hydrogen) atoms. The van der Waals surface area contributed by atoms with Gasteiger partial charge in [-0.05, 0) is 45.2 Å². The Morgan fingerprint density at radius 2 is 1.88 bits per heavy atom. The van der Waals surface area contributed by atoms with Crippen LogP contribution in [0, 0.1) is 5.92 Å². The second kappa shape index (κ2) is 11.9. The van der Waals surface area contributed by atoms with Crippen LogP contribution in [0.25, 0.3) is 0 Å². The fourth-order valence-electron chi connectivity index (χ4n) is 3.60. The van der Waals surface area contributed by atoms with Gasteiger partial charge in [-0.15, -0.1) is 24.8 Å². The number of nitrogens with zero attached hydrogens (tertiary/aromatic N) is 2. The van der Waals surface area contributed by atoms with Crippen molar-refractivity contribution in [2.75, 3.05) is 39.3 Å². The number of carbonyl (C=O) groups is 2. The maximum absolute atomic E-state index is 12.8. The highest BCUT2D eigenvalue weighted by atomic mass is 35.5. The molecular formula is C16H32Cl2N4O2. The van der Waals surface area contributed by atoms with Crippen molar-refractivity contribution >= 4 is 36.6 Å². The second-order valence-electron chi connectivity index (χ2n) is 6.40. The first kappa shape index (κ1) is 23.4. The standard InChI is InChI=1S/C16H30N4O2.2ClH/c1-2-9-19-10-4-6-14(19)16(22)20-11-3-5-13(12-20)15(21)18-8-7-17;;/h13-14H,2-12,17H2,1H3,(H,18,21);2*1H. The molecule has 0 aromatic carbocycles. The Labute approximate surface area is 157 Å². The highest BCUT2D eigenvalue weighted by Gasteiger charge is 2.36. The number of nitrogens with two attached hydrogens (primary N) is 1. The zero-order valence-corrected chi connectivity index (χ0v) is 16.2. The van der Waals surface area contributed by atoms with Crippen LogP contribution < -0.4 is 11.1 Å². The number of piperidine rings is 1. The van der Waals surface area contributed by atoms with Crippen molar-refractivity contribution < 1.29 is 9.59 Å². The molecule has 3 N–H and O–H groups in total. The molecule has 2 aliphatic rings. The van der Waals surface area contributed by atoms with Crippen LogP contribution >= 0.6 is 24.8 Å². The summed E-state index contributed by atoms with van der Waals surface area (Å²) in [5, 5.41) is 2.85. The fourth-order valence-corrected chi connectivity index (χ4v) is 3.60. The molecule has 0 radical (unpaired) electrons. The highest BCUT2D eigenvalue weighted by Crippen LogP contribution is 2.23. The molecule has 2 rings (SSSR count). The number of amides is 2.